The molecule has 0 heterocycles. The normalized spacial score (nSPS) is 11.6. The lowest BCUT2D eigenvalue weighted by atomic mass is 9.94. The third kappa shape index (κ3) is 3.62. The SMILES string of the molecule is Bc1ccc(OC(C)C(=O)OCC)c(C=O)c1. The highest BCUT2D eigenvalue weighted by molar-refractivity contribution is 6.32. The van der Waals surface area contributed by atoms with E-state index in [0.717, 1.165) is 5.46 Å². The van der Waals surface area contributed by atoms with Crippen molar-refractivity contribution in [2.24, 2.45) is 0 Å². The van der Waals surface area contributed by atoms with Crippen molar-refractivity contribution in [1.29, 1.82) is 0 Å². The smallest absolute Gasteiger partial charge is 0.347 e. The fraction of sp³-hybridized carbons (Fsp3) is 0.333. The van der Waals surface area contributed by atoms with Gasteiger partial charge in [0.25, 0.3) is 0 Å². The molecule has 1 unspecified atom stereocenters. The highest BCUT2D eigenvalue weighted by atomic mass is 16.6. The summed E-state index contributed by atoms with van der Waals surface area (Å²) in [5.74, 6) is -0.0453. The molecule has 0 N–H and O–H groups in total. The summed E-state index contributed by atoms with van der Waals surface area (Å²) in [5.41, 5.74) is 1.39. The van der Waals surface area contributed by atoms with Gasteiger partial charge in [-0.25, -0.2) is 4.79 Å². The second-order valence-corrected chi connectivity index (χ2v) is 3.67. The third-order valence-corrected chi connectivity index (χ3v) is 2.21. The van der Waals surface area contributed by atoms with E-state index < -0.39 is 12.1 Å². The predicted octanol–water partition coefficient (Wildman–Crippen LogP) is 0.0879. The van der Waals surface area contributed by atoms with Gasteiger partial charge in [0.15, 0.2) is 12.4 Å². The van der Waals surface area contributed by atoms with Crippen LogP contribution in [0.3, 0.4) is 0 Å². The van der Waals surface area contributed by atoms with Gasteiger partial charge in [-0.15, -0.1) is 0 Å². The van der Waals surface area contributed by atoms with Gasteiger partial charge in [0.1, 0.15) is 13.6 Å². The summed E-state index contributed by atoms with van der Waals surface area (Å²) in [7, 11) is 1.88. The molecule has 1 rings (SSSR count). The molecule has 0 aliphatic rings. The fourth-order valence-corrected chi connectivity index (χ4v) is 1.37. The van der Waals surface area contributed by atoms with Crippen LogP contribution in [0.15, 0.2) is 18.2 Å². The molecule has 1 aromatic carbocycles. The van der Waals surface area contributed by atoms with Crippen LogP contribution in [-0.4, -0.2) is 32.8 Å². The van der Waals surface area contributed by atoms with E-state index in [2.05, 4.69) is 0 Å². The summed E-state index contributed by atoms with van der Waals surface area (Å²) >= 11 is 0. The number of esters is 1. The van der Waals surface area contributed by atoms with Gasteiger partial charge >= 0.3 is 5.97 Å². The fourth-order valence-electron chi connectivity index (χ4n) is 1.37. The summed E-state index contributed by atoms with van der Waals surface area (Å²) < 4.78 is 10.2. The van der Waals surface area contributed by atoms with E-state index in [4.69, 9.17) is 9.47 Å². The van der Waals surface area contributed by atoms with Crippen molar-refractivity contribution in [3.8, 4) is 5.75 Å². The Balaban J connectivity index is 2.80. The van der Waals surface area contributed by atoms with Crippen LogP contribution in [0.25, 0.3) is 0 Å². The van der Waals surface area contributed by atoms with Gasteiger partial charge in [0, 0.05) is 0 Å². The van der Waals surface area contributed by atoms with E-state index in [9.17, 15) is 9.59 Å². The Labute approximate surface area is 101 Å². The average Bonchev–Trinajstić information content (AvgIpc) is 2.31. The molecule has 4 nitrogen and oxygen atoms in total. The summed E-state index contributed by atoms with van der Waals surface area (Å²) in [6, 6.07) is 5.20. The zero-order chi connectivity index (χ0) is 12.8. The van der Waals surface area contributed by atoms with Crippen LogP contribution in [0.4, 0.5) is 0 Å². The highest BCUT2D eigenvalue weighted by Crippen LogP contribution is 2.16. The minimum Gasteiger partial charge on any atom is -0.478 e. The number of aldehydes is 1. The van der Waals surface area contributed by atoms with Crippen LogP contribution in [-0.2, 0) is 9.53 Å². The molecule has 0 aliphatic heterocycles. The van der Waals surface area contributed by atoms with Crippen LogP contribution in [0.2, 0.25) is 0 Å². The number of hydrogen-bond donors (Lipinski definition) is 0. The van der Waals surface area contributed by atoms with Crippen molar-refractivity contribution in [2.45, 2.75) is 20.0 Å². The first-order valence-electron chi connectivity index (χ1n) is 5.47. The Morgan fingerprint density at radius 2 is 2.24 bits per heavy atom. The van der Waals surface area contributed by atoms with Crippen molar-refractivity contribution in [3.05, 3.63) is 23.8 Å². The lowest BCUT2D eigenvalue weighted by molar-refractivity contribution is -0.150. The monoisotopic (exact) mass is 234 g/mol. The Kier molecular flexibility index (Phi) is 4.76. The van der Waals surface area contributed by atoms with Gasteiger partial charge in [0.2, 0.25) is 0 Å². The van der Waals surface area contributed by atoms with E-state index >= 15 is 0 Å². The molecule has 0 radical (unpaired) electrons. The number of carbonyl (C=O) groups excluding carboxylic acids is 2. The molecule has 0 bridgehead atoms. The average molecular weight is 234 g/mol. The zero-order valence-electron chi connectivity index (χ0n) is 10.2. The zero-order valence-corrected chi connectivity index (χ0v) is 10.2. The van der Waals surface area contributed by atoms with E-state index in [1.807, 2.05) is 13.9 Å². The summed E-state index contributed by atoms with van der Waals surface area (Å²) in [6.07, 6.45) is -0.0171. The Morgan fingerprint density at radius 3 is 2.82 bits per heavy atom. The molecule has 0 aromatic heterocycles. The number of hydrogen-bond acceptors (Lipinski definition) is 4. The molecule has 0 aliphatic carbocycles. The van der Waals surface area contributed by atoms with Gasteiger partial charge in [0.05, 0.1) is 12.2 Å². The molecule has 1 atom stereocenters. The molecule has 0 spiro atoms. The lowest BCUT2D eigenvalue weighted by Gasteiger charge is -2.14. The Morgan fingerprint density at radius 1 is 1.53 bits per heavy atom. The summed E-state index contributed by atoms with van der Waals surface area (Å²) in [6.45, 7) is 3.63. The standard InChI is InChI=1S/C12H15BO4/c1-3-16-12(15)8(2)17-11-5-4-10(13)6-9(11)7-14/h4-8H,3,13H2,1-2H3. The minimum absolute atomic E-state index is 0.307. The molecule has 1 aromatic rings. The number of benzene rings is 1. The maximum atomic E-state index is 11.4. The number of ether oxygens (including phenoxy) is 2. The molecular weight excluding hydrogens is 219 g/mol. The molecule has 0 saturated heterocycles. The molecule has 0 amide bonds. The van der Waals surface area contributed by atoms with Crippen LogP contribution >= 0.6 is 0 Å². The number of rotatable bonds is 5. The molecular formula is C12H15BO4. The van der Waals surface area contributed by atoms with Crippen molar-refractivity contribution in [3.63, 3.8) is 0 Å². The second kappa shape index (κ2) is 6.08. The summed E-state index contributed by atoms with van der Waals surface area (Å²) in [5, 5.41) is 0. The van der Waals surface area contributed by atoms with Crippen molar-refractivity contribution in [1.82, 2.24) is 0 Å². The van der Waals surface area contributed by atoms with Crippen molar-refractivity contribution >= 4 is 25.6 Å². The second-order valence-electron chi connectivity index (χ2n) is 3.67. The maximum Gasteiger partial charge on any atom is 0.347 e. The third-order valence-electron chi connectivity index (χ3n) is 2.21. The van der Waals surface area contributed by atoms with E-state index in [1.54, 1.807) is 26.0 Å². The molecule has 90 valence electrons. The molecule has 5 heteroatoms. The number of carbonyl (C=O) groups is 2. The summed E-state index contributed by atoms with van der Waals surface area (Å²) in [4.78, 5) is 22.2. The molecule has 17 heavy (non-hydrogen) atoms. The quantitative estimate of drug-likeness (QED) is 0.411. The van der Waals surface area contributed by atoms with Crippen molar-refractivity contribution in [2.75, 3.05) is 6.61 Å². The van der Waals surface area contributed by atoms with Crippen molar-refractivity contribution < 1.29 is 19.1 Å². The maximum absolute atomic E-state index is 11.4. The largest absolute Gasteiger partial charge is 0.478 e. The van der Waals surface area contributed by atoms with E-state index in [1.165, 1.54) is 0 Å². The van der Waals surface area contributed by atoms with Gasteiger partial charge in [-0.1, -0.05) is 17.6 Å². The van der Waals surface area contributed by atoms with Crippen LogP contribution in [0.5, 0.6) is 5.75 Å². The predicted molar refractivity (Wildman–Crippen MR) is 66.7 cm³/mol. The minimum atomic E-state index is -0.726. The highest BCUT2D eigenvalue weighted by Gasteiger charge is 2.17. The van der Waals surface area contributed by atoms with E-state index in [0.29, 0.717) is 24.2 Å². The van der Waals surface area contributed by atoms with E-state index in [-0.39, 0.29) is 0 Å². The van der Waals surface area contributed by atoms with Crippen LogP contribution in [0.1, 0.15) is 24.2 Å². The Hall–Kier alpha value is -1.78. The first-order valence-corrected chi connectivity index (χ1v) is 5.47. The van der Waals surface area contributed by atoms with Crippen LogP contribution in [0, 0.1) is 0 Å². The lowest BCUT2D eigenvalue weighted by Crippen LogP contribution is -2.26. The van der Waals surface area contributed by atoms with Gasteiger partial charge in [-0.2, -0.15) is 0 Å². The van der Waals surface area contributed by atoms with Gasteiger partial charge in [-0.3, -0.25) is 4.79 Å². The topological polar surface area (TPSA) is 52.6 Å². The molecule has 0 saturated carbocycles. The Bertz CT molecular complexity index is 417. The molecule has 0 fully saturated rings. The van der Waals surface area contributed by atoms with Gasteiger partial charge < -0.3 is 9.47 Å². The van der Waals surface area contributed by atoms with Crippen LogP contribution < -0.4 is 10.2 Å². The first-order chi connectivity index (χ1) is 8.08. The van der Waals surface area contributed by atoms with Gasteiger partial charge in [-0.05, 0) is 19.9 Å². The first kappa shape index (κ1) is 13.3.